The van der Waals surface area contributed by atoms with Crippen LogP contribution in [0.3, 0.4) is 0 Å². The molecule has 1 saturated carbocycles. The third kappa shape index (κ3) is 3.70. The van der Waals surface area contributed by atoms with Crippen molar-refractivity contribution in [3.63, 3.8) is 0 Å². The maximum atomic E-state index is 12.2. The third-order valence-corrected chi connectivity index (χ3v) is 4.23. The van der Waals surface area contributed by atoms with E-state index in [0.29, 0.717) is 30.7 Å². The summed E-state index contributed by atoms with van der Waals surface area (Å²) in [5, 5.41) is 3.16. The van der Waals surface area contributed by atoms with Crippen molar-refractivity contribution in [3.8, 4) is 0 Å². The van der Waals surface area contributed by atoms with Crippen molar-refractivity contribution in [2.24, 2.45) is 17.6 Å². The van der Waals surface area contributed by atoms with E-state index in [1.807, 2.05) is 13.8 Å². The van der Waals surface area contributed by atoms with Gasteiger partial charge in [0.25, 0.3) is 0 Å². The van der Waals surface area contributed by atoms with Crippen LogP contribution < -0.4 is 11.1 Å². The van der Waals surface area contributed by atoms with Gasteiger partial charge in [0.1, 0.15) is 0 Å². The number of nitrogens with one attached hydrogen (secondary N) is 1. The van der Waals surface area contributed by atoms with Crippen LogP contribution in [0.1, 0.15) is 59.8 Å². The summed E-state index contributed by atoms with van der Waals surface area (Å²) >= 11 is 0. The zero-order valence-corrected chi connectivity index (χ0v) is 11.8. The second-order valence-corrected chi connectivity index (χ2v) is 5.95. The van der Waals surface area contributed by atoms with Gasteiger partial charge in [-0.1, -0.05) is 27.7 Å². The first kappa shape index (κ1) is 14.5. The molecule has 0 heterocycles. The number of carbonyl (C=O) groups is 1. The van der Waals surface area contributed by atoms with Gasteiger partial charge in [0.2, 0.25) is 5.91 Å². The van der Waals surface area contributed by atoms with Crippen molar-refractivity contribution in [3.05, 3.63) is 0 Å². The number of rotatable bonds is 4. The van der Waals surface area contributed by atoms with Gasteiger partial charge in [0.05, 0.1) is 5.54 Å². The van der Waals surface area contributed by atoms with Gasteiger partial charge in [0, 0.05) is 6.04 Å². The molecular formula is C14H28N2O. The standard InChI is InChI=1S/C14H28N2O/c1-5-14(15,6-2)13(17)16-12-8-10(3)7-11(4)9-12/h10-12H,5-9,15H2,1-4H3,(H,16,17). The predicted octanol–water partition coefficient (Wildman–Crippen LogP) is 2.44. The molecule has 3 heteroatoms. The molecule has 1 fully saturated rings. The molecule has 0 saturated heterocycles. The summed E-state index contributed by atoms with van der Waals surface area (Å²) in [7, 11) is 0. The van der Waals surface area contributed by atoms with Gasteiger partial charge in [-0.25, -0.2) is 0 Å². The summed E-state index contributed by atoms with van der Waals surface area (Å²) in [5.41, 5.74) is 5.44. The van der Waals surface area contributed by atoms with Gasteiger partial charge in [-0.15, -0.1) is 0 Å². The van der Waals surface area contributed by atoms with Crippen LogP contribution in [-0.4, -0.2) is 17.5 Å². The molecular weight excluding hydrogens is 212 g/mol. The Morgan fingerprint density at radius 1 is 1.18 bits per heavy atom. The van der Waals surface area contributed by atoms with Crippen LogP contribution in [0.5, 0.6) is 0 Å². The summed E-state index contributed by atoms with van der Waals surface area (Å²) in [5.74, 6) is 1.45. The highest BCUT2D eigenvalue weighted by Gasteiger charge is 2.33. The molecule has 2 atom stereocenters. The maximum Gasteiger partial charge on any atom is 0.240 e. The quantitative estimate of drug-likeness (QED) is 0.793. The van der Waals surface area contributed by atoms with Crippen LogP contribution in [0.2, 0.25) is 0 Å². The molecule has 100 valence electrons. The van der Waals surface area contributed by atoms with Crippen LogP contribution in [0.25, 0.3) is 0 Å². The molecule has 3 N–H and O–H groups in total. The second-order valence-electron chi connectivity index (χ2n) is 5.95. The summed E-state index contributed by atoms with van der Waals surface area (Å²) in [4.78, 5) is 12.2. The summed E-state index contributed by atoms with van der Waals surface area (Å²) < 4.78 is 0. The Balaban J connectivity index is 2.56. The van der Waals surface area contributed by atoms with Crippen LogP contribution in [-0.2, 0) is 4.79 Å². The van der Waals surface area contributed by atoms with Crippen LogP contribution in [0, 0.1) is 11.8 Å². The average molecular weight is 240 g/mol. The molecule has 3 nitrogen and oxygen atoms in total. The van der Waals surface area contributed by atoms with Crippen molar-refractivity contribution >= 4 is 5.91 Å². The predicted molar refractivity (Wildman–Crippen MR) is 71.6 cm³/mol. The average Bonchev–Trinajstić information content (AvgIpc) is 2.26. The molecule has 0 aromatic carbocycles. The van der Waals surface area contributed by atoms with E-state index in [0.717, 1.165) is 12.8 Å². The Morgan fingerprint density at radius 2 is 1.65 bits per heavy atom. The molecule has 0 bridgehead atoms. The van der Waals surface area contributed by atoms with E-state index in [2.05, 4.69) is 19.2 Å². The highest BCUT2D eigenvalue weighted by molar-refractivity contribution is 5.86. The summed E-state index contributed by atoms with van der Waals surface area (Å²) in [6, 6.07) is 0.322. The van der Waals surface area contributed by atoms with Gasteiger partial charge in [-0.05, 0) is 43.9 Å². The third-order valence-electron chi connectivity index (χ3n) is 4.23. The topological polar surface area (TPSA) is 55.1 Å². The second kappa shape index (κ2) is 5.85. The molecule has 0 aliphatic heterocycles. The van der Waals surface area contributed by atoms with Crippen molar-refractivity contribution in [2.45, 2.75) is 71.4 Å². The minimum atomic E-state index is -0.677. The number of hydrogen-bond acceptors (Lipinski definition) is 2. The molecule has 0 aromatic heterocycles. The normalized spacial score (nSPS) is 30.1. The highest BCUT2D eigenvalue weighted by Crippen LogP contribution is 2.28. The zero-order valence-electron chi connectivity index (χ0n) is 11.8. The number of carbonyl (C=O) groups excluding carboxylic acids is 1. The van der Waals surface area contributed by atoms with Crippen LogP contribution in [0.15, 0.2) is 0 Å². The minimum Gasteiger partial charge on any atom is -0.352 e. The molecule has 1 rings (SSSR count). The molecule has 1 aliphatic rings. The lowest BCUT2D eigenvalue weighted by Gasteiger charge is -2.35. The van der Waals surface area contributed by atoms with E-state index in [9.17, 15) is 4.79 Å². The van der Waals surface area contributed by atoms with Gasteiger partial charge in [-0.2, -0.15) is 0 Å². The SMILES string of the molecule is CCC(N)(CC)C(=O)NC1CC(C)CC(C)C1. The number of amides is 1. The molecule has 17 heavy (non-hydrogen) atoms. The Hall–Kier alpha value is -0.570. The fourth-order valence-electron chi connectivity index (χ4n) is 2.97. The lowest BCUT2D eigenvalue weighted by atomic mass is 9.80. The van der Waals surface area contributed by atoms with Crippen molar-refractivity contribution in [1.82, 2.24) is 5.32 Å². The summed E-state index contributed by atoms with van der Waals surface area (Å²) in [6.07, 6.45) is 4.88. The van der Waals surface area contributed by atoms with Gasteiger partial charge < -0.3 is 11.1 Å². The largest absolute Gasteiger partial charge is 0.352 e. The molecule has 0 spiro atoms. The number of hydrogen-bond donors (Lipinski definition) is 2. The zero-order chi connectivity index (χ0) is 13.1. The van der Waals surface area contributed by atoms with E-state index in [4.69, 9.17) is 5.73 Å². The molecule has 2 unspecified atom stereocenters. The van der Waals surface area contributed by atoms with Crippen molar-refractivity contribution in [1.29, 1.82) is 0 Å². The van der Waals surface area contributed by atoms with Gasteiger partial charge in [-0.3, -0.25) is 4.79 Å². The monoisotopic (exact) mass is 240 g/mol. The maximum absolute atomic E-state index is 12.2. The highest BCUT2D eigenvalue weighted by atomic mass is 16.2. The summed E-state index contributed by atoms with van der Waals surface area (Å²) in [6.45, 7) is 8.50. The smallest absolute Gasteiger partial charge is 0.240 e. The van der Waals surface area contributed by atoms with Crippen LogP contribution >= 0.6 is 0 Å². The van der Waals surface area contributed by atoms with E-state index < -0.39 is 5.54 Å². The van der Waals surface area contributed by atoms with Gasteiger partial charge in [0.15, 0.2) is 0 Å². The molecule has 1 amide bonds. The lowest BCUT2D eigenvalue weighted by molar-refractivity contribution is -0.127. The molecule has 0 radical (unpaired) electrons. The first-order valence-corrected chi connectivity index (χ1v) is 7.01. The van der Waals surface area contributed by atoms with Crippen molar-refractivity contribution in [2.75, 3.05) is 0 Å². The molecule has 1 aliphatic carbocycles. The van der Waals surface area contributed by atoms with E-state index >= 15 is 0 Å². The van der Waals surface area contributed by atoms with E-state index in [-0.39, 0.29) is 5.91 Å². The molecule has 0 aromatic rings. The first-order chi connectivity index (χ1) is 7.91. The Bertz CT molecular complexity index is 251. The Labute approximate surface area is 106 Å². The fraction of sp³-hybridized carbons (Fsp3) is 0.929. The Kier molecular flexibility index (Phi) is 4.99. The fourth-order valence-corrected chi connectivity index (χ4v) is 2.97. The van der Waals surface area contributed by atoms with Crippen molar-refractivity contribution < 1.29 is 4.79 Å². The number of nitrogens with two attached hydrogens (primary N) is 1. The minimum absolute atomic E-state index is 0.0359. The first-order valence-electron chi connectivity index (χ1n) is 7.01. The van der Waals surface area contributed by atoms with Gasteiger partial charge >= 0.3 is 0 Å². The lowest BCUT2D eigenvalue weighted by Crippen LogP contribution is -2.56. The van der Waals surface area contributed by atoms with E-state index in [1.54, 1.807) is 0 Å². The van der Waals surface area contributed by atoms with Crippen LogP contribution in [0.4, 0.5) is 0 Å². The van der Waals surface area contributed by atoms with E-state index in [1.165, 1.54) is 6.42 Å². The Morgan fingerprint density at radius 3 is 2.06 bits per heavy atom.